The lowest BCUT2D eigenvalue weighted by Gasteiger charge is -2.13. The summed E-state index contributed by atoms with van der Waals surface area (Å²) in [4.78, 5) is 16.5. The van der Waals surface area contributed by atoms with Gasteiger partial charge in [-0.05, 0) is 55.8 Å². The van der Waals surface area contributed by atoms with Crippen molar-refractivity contribution in [1.82, 2.24) is 0 Å². The standard InChI is InChI=1S/C20H17Cl2NO4/c1-3-25-17-10-12(8-15(22)18(17)26-4-2)9-16-20(24)27-19(23-16)13-6-5-7-14(21)11-13/h5-11H,3-4H2,1-2H3/b16-9-. The largest absolute Gasteiger partial charge is 0.490 e. The maximum atomic E-state index is 12.2. The predicted octanol–water partition coefficient (Wildman–Crippen LogP) is 5.14. The Bertz CT molecular complexity index is 938. The average molecular weight is 406 g/mol. The maximum absolute atomic E-state index is 12.2. The van der Waals surface area contributed by atoms with Crippen molar-refractivity contribution in [3.8, 4) is 11.5 Å². The number of halogens is 2. The number of rotatable bonds is 6. The zero-order valence-electron chi connectivity index (χ0n) is 14.8. The van der Waals surface area contributed by atoms with Gasteiger partial charge in [-0.3, -0.25) is 0 Å². The molecular weight excluding hydrogens is 389 g/mol. The van der Waals surface area contributed by atoms with Crippen LogP contribution in [0.1, 0.15) is 25.0 Å². The van der Waals surface area contributed by atoms with Crippen LogP contribution in [0.5, 0.6) is 11.5 Å². The van der Waals surface area contributed by atoms with E-state index in [2.05, 4.69) is 4.99 Å². The van der Waals surface area contributed by atoms with E-state index in [0.717, 1.165) is 0 Å². The first-order valence-corrected chi connectivity index (χ1v) is 9.15. The number of benzene rings is 2. The van der Waals surface area contributed by atoms with E-state index in [1.807, 2.05) is 13.8 Å². The van der Waals surface area contributed by atoms with E-state index in [4.69, 9.17) is 37.4 Å². The molecule has 3 rings (SSSR count). The molecular formula is C20H17Cl2NO4. The summed E-state index contributed by atoms with van der Waals surface area (Å²) in [6, 6.07) is 10.4. The molecule has 5 nitrogen and oxygen atoms in total. The molecule has 0 saturated carbocycles. The summed E-state index contributed by atoms with van der Waals surface area (Å²) in [6.45, 7) is 4.64. The molecule has 0 aromatic heterocycles. The van der Waals surface area contributed by atoms with Gasteiger partial charge >= 0.3 is 5.97 Å². The van der Waals surface area contributed by atoms with Gasteiger partial charge < -0.3 is 14.2 Å². The highest BCUT2D eigenvalue weighted by Gasteiger charge is 2.24. The highest BCUT2D eigenvalue weighted by atomic mass is 35.5. The van der Waals surface area contributed by atoms with Crippen molar-refractivity contribution < 1.29 is 19.0 Å². The number of hydrogen-bond acceptors (Lipinski definition) is 5. The van der Waals surface area contributed by atoms with Crippen LogP contribution in [0.2, 0.25) is 10.0 Å². The molecule has 0 radical (unpaired) electrons. The Labute approximate surface area is 167 Å². The molecule has 0 fully saturated rings. The fraction of sp³-hybridized carbons (Fsp3) is 0.200. The van der Waals surface area contributed by atoms with Crippen LogP contribution in [0.3, 0.4) is 0 Å². The molecule has 1 aliphatic rings. The Morgan fingerprint density at radius 1 is 1.11 bits per heavy atom. The smallest absolute Gasteiger partial charge is 0.363 e. The van der Waals surface area contributed by atoms with Gasteiger partial charge in [0.1, 0.15) is 0 Å². The van der Waals surface area contributed by atoms with Crippen LogP contribution in [-0.4, -0.2) is 25.1 Å². The van der Waals surface area contributed by atoms with Gasteiger partial charge in [0, 0.05) is 10.6 Å². The number of nitrogens with zero attached hydrogens (tertiary/aromatic N) is 1. The second-order valence-corrected chi connectivity index (χ2v) is 6.39. The van der Waals surface area contributed by atoms with Crippen LogP contribution >= 0.6 is 23.2 Å². The fourth-order valence-electron chi connectivity index (χ4n) is 2.53. The molecule has 0 saturated heterocycles. The normalized spacial score (nSPS) is 14.9. The highest BCUT2D eigenvalue weighted by molar-refractivity contribution is 6.32. The van der Waals surface area contributed by atoms with E-state index in [9.17, 15) is 4.79 Å². The van der Waals surface area contributed by atoms with Crippen LogP contribution in [0.25, 0.3) is 6.08 Å². The molecule has 0 aliphatic carbocycles. The minimum absolute atomic E-state index is 0.160. The topological polar surface area (TPSA) is 57.1 Å². The van der Waals surface area contributed by atoms with E-state index in [0.29, 0.717) is 45.9 Å². The third kappa shape index (κ3) is 4.43. The van der Waals surface area contributed by atoms with Gasteiger partial charge in [-0.25, -0.2) is 9.79 Å². The fourth-order valence-corrected chi connectivity index (χ4v) is 2.99. The Morgan fingerprint density at radius 3 is 2.59 bits per heavy atom. The van der Waals surface area contributed by atoms with Crippen LogP contribution in [0.15, 0.2) is 47.1 Å². The molecule has 2 aromatic carbocycles. The van der Waals surface area contributed by atoms with Gasteiger partial charge in [-0.1, -0.05) is 29.3 Å². The van der Waals surface area contributed by atoms with Gasteiger partial charge in [0.2, 0.25) is 5.90 Å². The molecule has 0 spiro atoms. The van der Waals surface area contributed by atoms with Crippen molar-refractivity contribution in [2.75, 3.05) is 13.2 Å². The zero-order valence-corrected chi connectivity index (χ0v) is 16.3. The summed E-state index contributed by atoms with van der Waals surface area (Å²) in [6.07, 6.45) is 1.59. The van der Waals surface area contributed by atoms with Crippen molar-refractivity contribution in [2.45, 2.75) is 13.8 Å². The molecule has 0 unspecified atom stereocenters. The lowest BCUT2D eigenvalue weighted by atomic mass is 10.1. The molecule has 0 bridgehead atoms. The minimum atomic E-state index is -0.548. The van der Waals surface area contributed by atoms with Crippen molar-refractivity contribution in [3.63, 3.8) is 0 Å². The first-order valence-electron chi connectivity index (χ1n) is 8.39. The molecule has 1 heterocycles. The van der Waals surface area contributed by atoms with Crippen molar-refractivity contribution in [1.29, 1.82) is 0 Å². The summed E-state index contributed by atoms with van der Waals surface area (Å²) >= 11 is 12.3. The number of carbonyl (C=O) groups is 1. The number of cyclic esters (lactones) is 1. The lowest BCUT2D eigenvalue weighted by Crippen LogP contribution is -2.05. The maximum Gasteiger partial charge on any atom is 0.363 e. The quantitative estimate of drug-likeness (QED) is 0.493. The summed E-state index contributed by atoms with van der Waals surface area (Å²) in [5, 5.41) is 0.920. The van der Waals surface area contributed by atoms with E-state index in [1.165, 1.54) is 0 Å². The van der Waals surface area contributed by atoms with Crippen molar-refractivity contribution in [3.05, 3.63) is 63.3 Å². The molecule has 7 heteroatoms. The number of ether oxygens (including phenoxy) is 3. The first-order chi connectivity index (χ1) is 13.0. The van der Waals surface area contributed by atoms with Crippen LogP contribution in [-0.2, 0) is 9.53 Å². The third-order valence-electron chi connectivity index (χ3n) is 3.62. The second kappa shape index (κ2) is 8.46. The second-order valence-electron chi connectivity index (χ2n) is 5.54. The Morgan fingerprint density at radius 2 is 1.89 bits per heavy atom. The van der Waals surface area contributed by atoms with Gasteiger partial charge in [-0.15, -0.1) is 0 Å². The Kier molecular flexibility index (Phi) is 6.04. The summed E-state index contributed by atoms with van der Waals surface area (Å²) in [5.41, 5.74) is 1.43. The first kappa shape index (κ1) is 19.3. The summed E-state index contributed by atoms with van der Waals surface area (Å²) in [7, 11) is 0. The third-order valence-corrected chi connectivity index (χ3v) is 4.13. The molecule has 0 atom stereocenters. The summed E-state index contributed by atoms with van der Waals surface area (Å²) in [5.74, 6) is 0.633. The summed E-state index contributed by atoms with van der Waals surface area (Å²) < 4.78 is 16.4. The lowest BCUT2D eigenvalue weighted by molar-refractivity contribution is -0.129. The minimum Gasteiger partial charge on any atom is -0.490 e. The van der Waals surface area contributed by atoms with Gasteiger partial charge in [0.25, 0.3) is 0 Å². The van der Waals surface area contributed by atoms with Gasteiger partial charge in [0.15, 0.2) is 17.2 Å². The predicted molar refractivity (Wildman–Crippen MR) is 106 cm³/mol. The van der Waals surface area contributed by atoms with E-state index in [-0.39, 0.29) is 11.6 Å². The highest BCUT2D eigenvalue weighted by Crippen LogP contribution is 2.37. The van der Waals surface area contributed by atoms with E-state index < -0.39 is 5.97 Å². The average Bonchev–Trinajstić information content (AvgIpc) is 2.99. The molecule has 1 aliphatic heterocycles. The van der Waals surface area contributed by atoms with E-state index in [1.54, 1.807) is 42.5 Å². The number of carbonyl (C=O) groups excluding carboxylic acids is 1. The molecule has 27 heavy (non-hydrogen) atoms. The van der Waals surface area contributed by atoms with Crippen molar-refractivity contribution >= 4 is 41.1 Å². The van der Waals surface area contributed by atoms with Gasteiger partial charge in [0.05, 0.1) is 18.2 Å². The Balaban J connectivity index is 1.97. The van der Waals surface area contributed by atoms with Crippen LogP contribution in [0, 0.1) is 0 Å². The number of aliphatic imine (C=N–C) groups is 1. The molecule has 0 amide bonds. The van der Waals surface area contributed by atoms with Gasteiger partial charge in [-0.2, -0.15) is 0 Å². The SMILES string of the molecule is CCOc1cc(/C=C2\N=C(c3cccc(Cl)c3)OC2=O)cc(Cl)c1OCC. The van der Waals surface area contributed by atoms with E-state index >= 15 is 0 Å². The Hall–Kier alpha value is -2.50. The van der Waals surface area contributed by atoms with Crippen LogP contribution in [0.4, 0.5) is 0 Å². The monoisotopic (exact) mass is 405 g/mol. The zero-order chi connectivity index (χ0) is 19.4. The van der Waals surface area contributed by atoms with Crippen molar-refractivity contribution in [2.24, 2.45) is 4.99 Å². The number of esters is 1. The number of hydrogen-bond donors (Lipinski definition) is 0. The molecule has 0 N–H and O–H groups in total. The molecule has 2 aromatic rings. The van der Waals surface area contributed by atoms with Crippen LogP contribution < -0.4 is 9.47 Å². The molecule has 140 valence electrons.